The lowest BCUT2D eigenvalue weighted by molar-refractivity contribution is 0.278. The first-order chi connectivity index (χ1) is 9.01. The predicted molar refractivity (Wildman–Crippen MR) is 71.7 cm³/mol. The highest BCUT2D eigenvalue weighted by molar-refractivity contribution is 7.89. The fourth-order valence-electron chi connectivity index (χ4n) is 1.75. The van der Waals surface area contributed by atoms with Crippen LogP contribution in [-0.2, 0) is 16.6 Å². The van der Waals surface area contributed by atoms with Crippen LogP contribution >= 0.6 is 0 Å². The van der Waals surface area contributed by atoms with E-state index in [-0.39, 0.29) is 10.5 Å². The number of aliphatic hydroxyl groups excluding tert-OH is 1. The number of hydrogen-bond acceptors (Lipinski definition) is 3. The van der Waals surface area contributed by atoms with Gasteiger partial charge in [-0.3, -0.25) is 0 Å². The maximum Gasteiger partial charge on any atom is 0.241 e. The van der Waals surface area contributed by atoms with E-state index in [1.807, 2.05) is 0 Å². The van der Waals surface area contributed by atoms with Crippen molar-refractivity contribution in [1.29, 1.82) is 0 Å². The number of sulfonamides is 1. The molecule has 0 bridgehead atoms. The van der Waals surface area contributed by atoms with E-state index < -0.39 is 22.4 Å². The van der Waals surface area contributed by atoms with Gasteiger partial charge in [0.15, 0.2) is 0 Å². The number of benzene rings is 1. The zero-order valence-corrected chi connectivity index (χ0v) is 11.8. The number of unbranched alkanes of at least 4 members (excludes halogenated alkanes) is 3. The zero-order valence-electron chi connectivity index (χ0n) is 11.0. The van der Waals surface area contributed by atoms with Gasteiger partial charge in [-0.25, -0.2) is 17.5 Å². The van der Waals surface area contributed by atoms with Crippen molar-refractivity contribution in [3.63, 3.8) is 0 Å². The maximum atomic E-state index is 13.1. The van der Waals surface area contributed by atoms with Crippen LogP contribution in [0.1, 0.15) is 38.2 Å². The quantitative estimate of drug-likeness (QED) is 0.721. The molecule has 0 radical (unpaired) electrons. The van der Waals surface area contributed by atoms with Crippen LogP contribution < -0.4 is 4.72 Å². The van der Waals surface area contributed by atoms with Crippen LogP contribution in [-0.4, -0.2) is 20.1 Å². The Morgan fingerprint density at radius 1 is 1.26 bits per heavy atom. The van der Waals surface area contributed by atoms with E-state index in [1.54, 1.807) is 0 Å². The number of halogens is 1. The van der Waals surface area contributed by atoms with Crippen LogP contribution in [0.4, 0.5) is 4.39 Å². The zero-order chi connectivity index (χ0) is 14.3. The summed E-state index contributed by atoms with van der Waals surface area (Å²) in [5, 5.41) is 9.10. The molecule has 2 N–H and O–H groups in total. The molecule has 0 aliphatic carbocycles. The minimum absolute atomic E-state index is 0.189. The molecule has 108 valence electrons. The fraction of sp³-hybridized carbons (Fsp3) is 0.538. The summed E-state index contributed by atoms with van der Waals surface area (Å²) in [7, 11) is -3.76. The summed E-state index contributed by atoms with van der Waals surface area (Å²) in [6.07, 6.45) is 3.83. The van der Waals surface area contributed by atoms with Gasteiger partial charge in [0, 0.05) is 6.54 Å². The number of hydrogen-bond donors (Lipinski definition) is 2. The van der Waals surface area contributed by atoms with Crippen molar-refractivity contribution in [3.05, 3.63) is 29.6 Å². The monoisotopic (exact) mass is 289 g/mol. The Labute approximate surface area is 113 Å². The van der Waals surface area contributed by atoms with Crippen molar-refractivity contribution in [2.45, 2.75) is 44.1 Å². The van der Waals surface area contributed by atoms with Crippen LogP contribution in [0.15, 0.2) is 23.1 Å². The van der Waals surface area contributed by atoms with Crippen molar-refractivity contribution in [2.75, 3.05) is 6.54 Å². The van der Waals surface area contributed by atoms with Crippen LogP contribution in [0.2, 0.25) is 0 Å². The number of aliphatic hydroxyl groups is 1. The molecule has 1 aromatic carbocycles. The SMILES string of the molecule is CCCCCCNS(=O)(=O)c1cc(F)ccc1CO. The minimum atomic E-state index is -3.76. The summed E-state index contributed by atoms with van der Waals surface area (Å²) < 4.78 is 39.6. The molecule has 1 aromatic rings. The molecule has 1 rings (SSSR count). The molecule has 0 saturated heterocycles. The first kappa shape index (κ1) is 16.1. The van der Waals surface area contributed by atoms with Gasteiger partial charge in [0.2, 0.25) is 10.0 Å². The summed E-state index contributed by atoms with van der Waals surface area (Å²) in [5.74, 6) is -0.636. The Kier molecular flexibility index (Phi) is 6.41. The Balaban J connectivity index is 2.74. The Hall–Kier alpha value is -0.980. The van der Waals surface area contributed by atoms with Gasteiger partial charge in [-0.1, -0.05) is 32.3 Å². The van der Waals surface area contributed by atoms with Gasteiger partial charge < -0.3 is 5.11 Å². The molecule has 19 heavy (non-hydrogen) atoms. The fourth-order valence-corrected chi connectivity index (χ4v) is 3.06. The van der Waals surface area contributed by atoms with Crippen LogP contribution in [0, 0.1) is 5.82 Å². The lowest BCUT2D eigenvalue weighted by atomic mass is 10.2. The molecule has 0 fully saturated rings. The Morgan fingerprint density at radius 2 is 2.00 bits per heavy atom. The van der Waals surface area contributed by atoms with Crippen LogP contribution in [0.3, 0.4) is 0 Å². The highest BCUT2D eigenvalue weighted by Gasteiger charge is 2.18. The van der Waals surface area contributed by atoms with Crippen molar-refractivity contribution >= 4 is 10.0 Å². The maximum absolute atomic E-state index is 13.1. The van der Waals surface area contributed by atoms with E-state index in [4.69, 9.17) is 5.11 Å². The van der Waals surface area contributed by atoms with E-state index >= 15 is 0 Å². The molecule has 0 aliphatic heterocycles. The molecule has 0 atom stereocenters. The normalized spacial score (nSPS) is 11.7. The summed E-state index contributed by atoms with van der Waals surface area (Å²) in [6.45, 7) is 1.96. The Bertz CT molecular complexity index is 503. The minimum Gasteiger partial charge on any atom is -0.392 e. The second-order valence-electron chi connectivity index (χ2n) is 4.37. The van der Waals surface area contributed by atoms with Gasteiger partial charge in [-0.15, -0.1) is 0 Å². The lowest BCUT2D eigenvalue weighted by Gasteiger charge is -2.10. The molecule has 0 unspecified atom stereocenters. The number of nitrogens with one attached hydrogen (secondary N) is 1. The van der Waals surface area contributed by atoms with E-state index in [0.717, 1.165) is 37.8 Å². The topological polar surface area (TPSA) is 66.4 Å². The third kappa shape index (κ3) is 4.89. The second kappa shape index (κ2) is 7.57. The molecular weight excluding hydrogens is 269 g/mol. The van der Waals surface area contributed by atoms with Gasteiger partial charge in [0.1, 0.15) is 5.82 Å². The highest BCUT2D eigenvalue weighted by atomic mass is 32.2. The number of rotatable bonds is 8. The van der Waals surface area contributed by atoms with Gasteiger partial charge in [0.25, 0.3) is 0 Å². The third-order valence-corrected chi connectivity index (χ3v) is 4.35. The van der Waals surface area contributed by atoms with E-state index in [2.05, 4.69) is 11.6 Å². The average Bonchev–Trinajstić information content (AvgIpc) is 2.38. The molecule has 0 aromatic heterocycles. The summed E-state index contributed by atoms with van der Waals surface area (Å²) >= 11 is 0. The molecule has 0 aliphatic rings. The van der Waals surface area contributed by atoms with Crippen molar-refractivity contribution in [3.8, 4) is 0 Å². The second-order valence-corrected chi connectivity index (χ2v) is 6.10. The van der Waals surface area contributed by atoms with E-state index in [1.165, 1.54) is 6.07 Å². The van der Waals surface area contributed by atoms with Gasteiger partial charge in [-0.2, -0.15) is 0 Å². The molecule has 4 nitrogen and oxygen atoms in total. The van der Waals surface area contributed by atoms with Crippen LogP contribution in [0.5, 0.6) is 0 Å². The smallest absolute Gasteiger partial charge is 0.241 e. The van der Waals surface area contributed by atoms with Crippen molar-refractivity contribution < 1.29 is 17.9 Å². The van der Waals surface area contributed by atoms with Gasteiger partial charge >= 0.3 is 0 Å². The predicted octanol–water partition coefficient (Wildman–Crippen LogP) is 2.18. The first-order valence-electron chi connectivity index (χ1n) is 6.40. The summed E-state index contributed by atoms with van der Waals surface area (Å²) in [5.41, 5.74) is 0.197. The molecule has 0 heterocycles. The molecule has 0 amide bonds. The van der Waals surface area contributed by atoms with Crippen LogP contribution in [0.25, 0.3) is 0 Å². The molecular formula is C13H20FNO3S. The van der Waals surface area contributed by atoms with Crippen molar-refractivity contribution in [1.82, 2.24) is 4.72 Å². The largest absolute Gasteiger partial charge is 0.392 e. The standard InChI is InChI=1S/C13H20FNO3S/c1-2-3-4-5-8-15-19(17,18)13-9-12(14)7-6-11(13)10-16/h6-7,9,15-16H,2-5,8,10H2,1H3. The van der Waals surface area contributed by atoms with Crippen molar-refractivity contribution in [2.24, 2.45) is 0 Å². The van der Waals surface area contributed by atoms with Gasteiger partial charge in [0.05, 0.1) is 11.5 Å². The van der Waals surface area contributed by atoms with E-state index in [0.29, 0.717) is 6.54 Å². The average molecular weight is 289 g/mol. The van der Waals surface area contributed by atoms with Gasteiger partial charge in [-0.05, 0) is 24.1 Å². The third-order valence-electron chi connectivity index (χ3n) is 2.81. The lowest BCUT2D eigenvalue weighted by Crippen LogP contribution is -2.26. The summed E-state index contributed by atoms with van der Waals surface area (Å²) in [4.78, 5) is -0.189. The Morgan fingerprint density at radius 3 is 2.63 bits per heavy atom. The molecule has 0 spiro atoms. The highest BCUT2D eigenvalue weighted by Crippen LogP contribution is 2.17. The first-order valence-corrected chi connectivity index (χ1v) is 7.88. The summed E-state index contributed by atoms with van der Waals surface area (Å²) in [6, 6.07) is 3.34. The molecule has 0 saturated carbocycles. The molecule has 6 heteroatoms. The van der Waals surface area contributed by atoms with E-state index in [9.17, 15) is 12.8 Å².